The minimum atomic E-state index is 0.148. The molecule has 0 aliphatic rings. The second-order valence-electron chi connectivity index (χ2n) is 4.36. The lowest BCUT2D eigenvalue weighted by molar-refractivity contribution is -0.121. The third kappa shape index (κ3) is 4.47. The Morgan fingerprint density at radius 2 is 1.94 bits per heavy atom. The van der Waals surface area contributed by atoms with Crippen LogP contribution in [0.5, 0.6) is 0 Å². The Morgan fingerprint density at radius 1 is 1.31 bits per heavy atom. The molecular formula is C14H21NO. The van der Waals surface area contributed by atoms with Gasteiger partial charge in [-0.15, -0.1) is 0 Å². The molecule has 0 aromatic heterocycles. The van der Waals surface area contributed by atoms with E-state index < -0.39 is 0 Å². The Bertz CT molecular complexity index is 329. The maximum absolute atomic E-state index is 11.5. The Morgan fingerprint density at radius 3 is 2.50 bits per heavy atom. The normalized spacial score (nSPS) is 12.2. The molecule has 0 unspecified atom stereocenters. The molecule has 1 rings (SSSR count). The summed E-state index contributed by atoms with van der Waals surface area (Å²) in [4.78, 5) is 11.5. The lowest BCUT2D eigenvalue weighted by atomic mass is 10.1. The molecule has 1 aromatic carbocycles. The number of rotatable bonds is 5. The molecule has 1 atom stereocenters. The zero-order chi connectivity index (χ0) is 12.0. The van der Waals surface area contributed by atoms with Crippen LogP contribution >= 0.6 is 0 Å². The fourth-order valence-electron chi connectivity index (χ4n) is 1.46. The van der Waals surface area contributed by atoms with Gasteiger partial charge in [-0.3, -0.25) is 4.79 Å². The number of hydrogen-bond donors (Lipinski definition) is 1. The SMILES string of the molecule is CC[C@H](C)NC(=O)CCc1ccc(C)cc1. The summed E-state index contributed by atoms with van der Waals surface area (Å²) in [5, 5.41) is 2.97. The zero-order valence-electron chi connectivity index (χ0n) is 10.4. The van der Waals surface area contributed by atoms with Gasteiger partial charge in [-0.05, 0) is 32.3 Å². The van der Waals surface area contributed by atoms with Gasteiger partial charge >= 0.3 is 0 Å². The first-order valence-corrected chi connectivity index (χ1v) is 5.96. The van der Waals surface area contributed by atoms with E-state index in [1.54, 1.807) is 0 Å². The van der Waals surface area contributed by atoms with Crippen molar-refractivity contribution in [3.63, 3.8) is 0 Å². The molecule has 0 bridgehead atoms. The fourth-order valence-corrected chi connectivity index (χ4v) is 1.46. The number of benzene rings is 1. The Hall–Kier alpha value is -1.31. The molecule has 0 saturated heterocycles. The highest BCUT2D eigenvalue weighted by Crippen LogP contribution is 2.05. The van der Waals surface area contributed by atoms with Gasteiger partial charge in [0.25, 0.3) is 0 Å². The van der Waals surface area contributed by atoms with E-state index in [-0.39, 0.29) is 11.9 Å². The van der Waals surface area contributed by atoms with Crippen molar-refractivity contribution in [2.24, 2.45) is 0 Å². The van der Waals surface area contributed by atoms with Crippen LogP contribution < -0.4 is 5.32 Å². The van der Waals surface area contributed by atoms with E-state index in [9.17, 15) is 4.79 Å². The Labute approximate surface area is 98.1 Å². The summed E-state index contributed by atoms with van der Waals surface area (Å²) in [5.74, 6) is 0.148. The third-order valence-corrected chi connectivity index (χ3v) is 2.78. The van der Waals surface area contributed by atoms with Crippen molar-refractivity contribution in [1.29, 1.82) is 0 Å². The van der Waals surface area contributed by atoms with Gasteiger partial charge in [0.1, 0.15) is 0 Å². The number of amides is 1. The maximum Gasteiger partial charge on any atom is 0.220 e. The van der Waals surface area contributed by atoms with Gasteiger partial charge in [0, 0.05) is 12.5 Å². The molecule has 16 heavy (non-hydrogen) atoms. The van der Waals surface area contributed by atoms with Crippen LogP contribution in [0.2, 0.25) is 0 Å². The quantitative estimate of drug-likeness (QED) is 0.810. The average molecular weight is 219 g/mol. The van der Waals surface area contributed by atoms with Gasteiger partial charge in [-0.25, -0.2) is 0 Å². The molecule has 0 heterocycles. The topological polar surface area (TPSA) is 29.1 Å². The first-order chi connectivity index (χ1) is 7.61. The first-order valence-electron chi connectivity index (χ1n) is 5.96. The summed E-state index contributed by atoms with van der Waals surface area (Å²) in [6, 6.07) is 8.63. The predicted molar refractivity (Wildman–Crippen MR) is 67.4 cm³/mol. The molecule has 1 amide bonds. The largest absolute Gasteiger partial charge is 0.354 e. The molecular weight excluding hydrogens is 198 g/mol. The number of aryl methyl sites for hydroxylation is 2. The maximum atomic E-state index is 11.5. The molecule has 1 aromatic rings. The van der Waals surface area contributed by atoms with Gasteiger partial charge in [-0.1, -0.05) is 36.8 Å². The van der Waals surface area contributed by atoms with Crippen molar-refractivity contribution in [1.82, 2.24) is 5.32 Å². The monoisotopic (exact) mass is 219 g/mol. The Kier molecular flexibility index (Phi) is 5.03. The highest BCUT2D eigenvalue weighted by molar-refractivity contribution is 5.76. The molecule has 2 nitrogen and oxygen atoms in total. The van der Waals surface area contributed by atoms with Crippen LogP contribution in [0, 0.1) is 6.92 Å². The van der Waals surface area contributed by atoms with Gasteiger partial charge in [0.05, 0.1) is 0 Å². The van der Waals surface area contributed by atoms with E-state index in [2.05, 4.69) is 43.4 Å². The minimum Gasteiger partial charge on any atom is -0.354 e. The summed E-state index contributed by atoms with van der Waals surface area (Å²) in [6.45, 7) is 6.17. The van der Waals surface area contributed by atoms with Crippen molar-refractivity contribution in [3.05, 3.63) is 35.4 Å². The van der Waals surface area contributed by atoms with Crippen LogP contribution in [0.4, 0.5) is 0 Å². The standard InChI is InChI=1S/C14H21NO/c1-4-12(3)15-14(16)10-9-13-7-5-11(2)6-8-13/h5-8,12H,4,9-10H2,1-3H3,(H,15,16)/t12-/m0/s1. The molecule has 0 radical (unpaired) electrons. The smallest absolute Gasteiger partial charge is 0.220 e. The van der Waals surface area contributed by atoms with Crippen LogP contribution in [-0.4, -0.2) is 11.9 Å². The van der Waals surface area contributed by atoms with Crippen molar-refractivity contribution in [2.45, 2.75) is 46.1 Å². The predicted octanol–water partition coefficient (Wildman–Crippen LogP) is 2.84. The summed E-state index contributed by atoms with van der Waals surface area (Å²) >= 11 is 0. The molecule has 88 valence electrons. The molecule has 0 fully saturated rings. The Balaban J connectivity index is 2.34. The summed E-state index contributed by atoms with van der Waals surface area (Å²) in [5.41, 5.74) is 2.48. The molecule has 0 aliphatic heterocycles. The molecule has 2 heteroatoms. The summed E-state index contributed by atoms with van der Waals surface area (Å²) < 4.78 is 0. The lowest BCUT2D eigenvalue weighted by Crippen LogP contribution is -2.31. The number of carbonyl (C=O) groups excluding carboxylic acids is 1. The second-order valence-corrected chi connectivity index (χ2v) is 4.36. The fraction of sp³-hybridized carbons (Fsp3) is 0.500. The zero-order valence-corrected chi connectivity index (χ0v) is 10.4. The number of carbonyl (C=O) groups is 1. The number of hydrogen-bond acceptors (Lipinski definition) is 1. The summed E-state index contributed by atoms with van der Waals surface area (Å²) in [6.07, 6.45) is 2.38. The average Bonchev–Trinajstić information content (AvgIpc) is 2.28. The van der Waals surface area contributed by atoms with E-state index >= 15 is 0 Å². The molecule has 0 saturated carbocycles. The van der Waals surface area contributed by atoms with Crippen molar-refractivity contribution < 1.29 is 4.79 Å². The highest BCUT2D eigenvalue weighted by Gasteiger charge is 2.05. The van der Waals surface area contributed by atoms with Gasteiger partial charge in [0.15, 0.2) is 0 Å². The van der Waals surface area contributed by atoms with E-state index in [1.807, 2.05) is 6.92 Å². The van der Waals surface area contributed by atoms with Crippen LogP contribution in [0.1, 0.15) is 37.8 Å². The van der Waals surface area contributed by atoms with Gasteiger partial charge in [-0.2, -0.15) is 0 Å². The van der Waals surface area contributed by atoms with E-state index in [0.29, 0.717) is 6.42 Å². The van der Waals surface area contributed by atoms with Crippen molar-refractivity contribution >= 4 is 5.91 Å². The molecule has 0 aliphatic carbocycles. The van der Waals surface area contributed by atoms with E-state index in [0.717, 1.165) is 12.8 Å². The van der Waals surface area contributed by atoms with Crippen LogP contribution in [0.15, 0.2) is 24.3 Å². The van der Waals surface area contributed by atoms with Crippen LogP contribution in [0.3, 0.4) is 0 Å². The van der Waals surface area contributed by atoms with Gasteiger partial charge < -0.3 is 5.32 Å². The second kappa shape index (κ2) is 6.31. The number of nitrogens with one attached hydrogen (secondary N) is 1. The van der Waals surface area contributed by atoms with E-state index in [4.69, 9.17) is 0 Å². The van der Waals surface area contributed by atoms with Crippen LogP contribution in [0.25, 0.3) is 0 Å². The highest BCUT2D eigenvalue weighted by atomic mass is 16.1. The van der Waals surface area contributed by atoms with E-state index in [1.165, 1.54) is 11.1 Å². The molecule has 0 spiro atoms. The van der Waals surface area contributed by atoms with Gasteiger partial charge in [0.2, 0.25) is 5.91 Å². The third-order valence-electron chi connectivity index (χ3n) is 2.78. The summed E-state index contributed by atoms with van der Waals surface area (Å²) in [7, 11) is 0. The molecule has 1 N–H and O–H groups in total. The van der Waals surface area contributed by atoms with Crippen LogP contribution in [-0.2, 0) is 11.2 Å². The lowest BCUT2D eigenvalue weighted by Gasteiger charge is -2.11. The van der Waals surface area contributed by atoms with Crippen molar-refractivity contribution in [2.75, 3.05) is 0 Å². The minimum absolute atomic E-state index is 0.148. The van der Waals surface area contributed by atoms with Crippen molar-refractivity contribution in [3.8, 4) is 0 Å². The first kappa shape index (κ1) is 12.8.